The summed E-state index contributed by atoms with van der Waals surface area (Å²) in [5, 5.41) is 2.87. The van der Waals surface area contributed by atoms with Gasteiger partial charge >= 0.3 is 0 Å². The molecule has 2 aliphatic rings. The number of hydrogen-bond donors (Lipinski definition) is 1. The van der Waals surface area contributed by atoms with Gasteiger partial charge in [0.2, 0.25) is 15.9 Å². The van der Waals surface area contributed by atoms with Gasteiger partial charge in [-0.05, 0) is 63.3 Å². The van der Waals surface area contributed by atoms with Crippen LogP contribution in [0.1, 0.15) is 46.0 Å². The van der Waals surface area contributed by atoms with Crippen LogP contribution in [0, 0.1) is 5.92 Å². The molecule has 2 saturated heterocycles. The van der Waals surface area contributed by atoms with E-state index in [9.17, 15) is 13.2 Å². The largest absolute Gasteiger partial charge is 0.492 e. The highest BCUT2D eigenvalue weighted by Gasteiger charge is 2.29. The van der Waals surface area contributed by atoms with Gasteiger partial charge in [-0.2, -0.15) is 4.31 Å². The van der Waals surface area contributed by atoms with Gasteiger partial charge in [0, 0.05) is 25.3 Å². The molecule has 1 amide bonds. The van der Waals surface area contributed by atoms with Crippen molar-refractivity contribution in [3.05, 3.63) is 18.2 Å². The van der Waals surface area contributed by atoms with Crippen molar-refractivity contribution in [1.82, 2.24) is 9.21 Å². The summed E-state index contributed by atoms with van der Waals surface area (Å²) >= 11 is 0. The molecule has 3 rings (SSSR count). The number of rotatable bonds is 7. The number of nitrogens with one attached hydrogen (secondary N) is 1. The van der Waals surface area contributed by atoms with Crippen LogP contribution < -0.4 is 10.1 Å². The van der Waals surface area contributed by atoms with E-state index in [4.69, 9.17) is 4.74 Å². The predicted molar refractivity (Wildman–Crippen MR) is 114 cm³/mol. The second-order valence-corrected chi connectivity index (χ2v) is 10.00. The molecule has 0 radical (unpaired) electrons. The van der Waals surface area contributed by atoms with Crippen LogP contribution in [0.5, 0.6) is 5.75 Å². The van der Waals surface area contributed by atoms with Crippen LogP contribution in [0.4, 0.5) is 5.69 Å². The number of carbonyl (C=O) groups is 1. The normalized spacial score (nSPS) is 21.7. The standard InChI is InChI=1S/C21H33N3O4S/c1-3-28-19-10-9-18(22-21(25)16-23-11-7-8-17(2)15-23)14-20(19)29(26,27)24-12-5-4-6-13-24/h9-10,14,17H,3-8,11-13,15-16H2,1-2H3,(H,22,25)/t17-/m0/s1. The van der Waals surface area contributed by atoms with Gasteiger partial charge < -0.3 is 10.1 Å². The number of hydrogen-bond acceptors (Lipinski definition) is 5. The highest BCUT2D eigenvalue weighted by molar-refractivity contribution is 7.89. The number of likely N-dealkylation sites (tertiary alicyclic amines) is 1. The fourth-order valence-corrected chi connectivity index (χ4v) is 5.81. The zero-order valence-corrected chi connectivity index (χ0v) is 18.3. The zero-order chi connectivity index (χ0) is 20.9. The summed E-state index contributed by atoms with van der Waals surface area (Å²) < 4.78 is 33.5. The van der Waals surface area contributed by atoms with Crippen LogP contribution in [0.25, 0.3) is 0 Å². The molecular weight excluding hydrogens is 390 g/mol. The third-order valence-corrected chi connectivity index (χ3v) is 7.49. The Bertz CT molecular complexity index is 806. The van der Waals surface area contributed by atoms with Gasteiger partial charge in [0.15, 0.2) is 0 Å². The van der Waals surface area contributed by atoms with E-state index in [2.05, 4.69) is 17.1 Å². The Hall–Kier alpha value is -1.64. The summed E-state index contributed by atoms with van der Waals surface area (Å²) in [4.78, 5) is 14.8. The van der Waals surface area contributed by atoms with E-state index in [1.54, 1.807) is 12.1 Å². The van der Waals surface area contributed by atoms with Crippen LogP contribution in [-0.4, -0.2) is 62.9 Å². The summed E-state index contributed by atoms with van der Waals surface area (Å²) in [7, 11) is -3.66. The smallest absolute Gasteiger partial charge is 0.246 e. The minimum Gasteiger partial charge on any atom is -0.492 e. The third kappa shape index (κ3) is 5.71. The van der Waals surface area contributed by atoms with Gasteiger partial charge in [0.05, 0.1) is 13.2 Å². The fourth-order valence-electron chi connectivity index (χ4n) is 4.14. The van der Waals surface area contributed by atoms with Crippen LogP contribution in [0.3, 0.4) is 0 Å². The summed E-state index contributed by atoms with van der Waals surface area (Å²) in [5.74, 6) is 0.814. The second kappa shape index (κ2) is 9.91. The molecule has 0 saturated carbocycles. The molecule has 0 aliphatic carbocycles. The van der Waals surface area contributed by atoms with E-state index >= 15 is 0 Å². The summed E-state index contributed by atoms with van der Waals surface area (Å²) in [5.41, 5.74) is 0.485. The van der Waals surface area contributed by atoms with Crippen LogP contribution in [-0.2, 0) is 14.8 Å². The maximum atomic E-state index is 13.2. The molecule has 2 fully saturated rings. The number of carbonyl (C=O) groups excluding carboxylic acids is 1. The Morgan fingerprint density at radius 1 is 1.17 bits per heavy atom. The first-order valence-electron chi connectivity index (χ1n) is 10.7. The van der Waals surface area contributed by atoms with Crippen molar-refractivity contribution in [2.75, 3.05) is 44.6 Å². The number of sulfonamides is 1. The minimum absolute atomic E-state index is 0.121. The molecule has 0 spiro atoms. The molecule has 162 valence electrons. The molecule has 2 aliphatic heterocycles. The highest BCUT2D eigenvalue weighted by Crippen LogP contribution is 2.31. The summed E-state index contributed by atoms with van der Waals surface area (Å²) in [6.07, 6.45) is 5.10. The average molecular weight is 424 g/mol. The summed E-state index contributed by atoms with van der Waals surface area (Å²) in [6.45, 7) is 7.63. The molecule has 1 aromatic rings. The summed E-state index contributed by atoms with van der Waals surface area (Å²) in [6, 6.07) is 4.88. The molecule has 1 atom stereocenters. The van der Waals surface area contributed by atoms with Crippen LogP contribution in [0.15, 0.2) is 23.1 Å². The molecule has 8 heteroatoms. The quantitative estimate of drug-likeness (QED) is 0.729. The lowest BCUT2D eigenvalue weighted by atomic mass is 10.0. The second-order valence-electron chi connectivity index (χ2n) is 8.09. The first-order valence-corrected chi connectivity index (χ1v) is 12.1. The molecule has 29 heavy (non-hydrogen) atoms. The maximum Gasteiger partial charge on any atom is 0.246 e. The first-order chi connectivity index (χ1) is 13.9. The van der Waals surface area contributed by atoms with Crippen molar-refractivity contribution in [1.29, 1.82) is 0 Å². The van der Waals surface area contributed by atoms with Crippen LogP contribution >= 0.6 is 0 Å². The van der Waals surface area contributed by atoms with E-state index < -0.39 is 10.0 Å². The van der Waals surface area contributed by atoms with Gasteiger partial charge in [-0.25, -0.2) is 8.42 Å². The lowest BCUT2D eigenvalue weighted by molar-refractivity contribution is -0.117. The first kappa shape index (κ1) is 22.1. The van der Waals surface area contributed by atoms with Gasteiger partial charge in [-0.15, -0.1) is 0 Å². The van der Waals surface area contributed by atoms with Gasteiger partial charge in [0.1, 0.15) is 10.6 Å². The lowest BCUT2D eigenvalue weighted by Crippen LogP contribution is -2.39. The number of anilines is 1. The maximum absolute atomic E-state index is 13.2. The van der Waals surface area contributed by atoms with Crippen molar-refractivity contribution in [2.45, 2.75) is 50.8 Å². The van der Waals surface area contributed by atoms with Gasteiger partial charge in [0.25, 0.3) is 0 Å². The third-order valence-electron chi connectivity index (χ3n) is 5.57. The Kier molecular flexibility index (Phi) is 7.54. The zero-order valence-electron chi connectivity index (χ0n) is 17.5. The van der Waals surface area contributed by atoms with Crippen molar-refractivity contribution in [2.24, 2.45) is 5.92 Å². The Morgan fingerprint density at radius 3 is 2.62 bits per heavy atom. The van der Waals surface area contributed by atoms with Gasteiger partial charge in [-0.1, -0.05) is 13.3 Å². The average Bonchev–Trinajstić information content (AvgIpc) is 2.70. The SMILES string of the molecule is CCOc1ccc(NC(=O)CN2CCC[C@H](C)C2)cc1S(=O)(=O)N1CCCCC1. The molecule has 0 bridgehead atoms. The van der Waals surface area contributed by atoms with E-state index in [1.165, 1.54) is 16.8 Å². The predicted octanol–water partition coefficient (Wildman–Crippen LogP) is 2.93. The number of amides is 1. The fraction of sp³-hybridized carbons (Fsp3) is 0.667. The van der Waals surface area contributed by atoms with Crippen molar-refractivity contribution in [3.8, 4) is 5.75 Å². The topological polar surface area (TPSA) is 79.0 Å². The van der Waals surface area contributed by atoms with Crippen LogP contribution in [0.2, 0.25) is 0 Å². The van der Waals surface area contributed by atoms with E-state index in [-0.39, 0.29) is 10.8 Å². The lowest BCUT2D eigenvalue weighted by Gasteiger charge is -2.30. The molecule has 1 aromatic carbocycles. The monoisotopic (exact) mass is 423 g/mol. The number of ether oxygens (including phenoxy) is 1. The van der Waals surface area contributed by atoms with E-state index in [1.807, 2.05) is 6.92 Å². The molecule has 7 nitrogen and oxygen atoms in total. The Morgan fingerprint density at radius 2 is 1.93 bits per heavy atom. The number of nitrogens with zero attached hydrogens (tertiary/aromatic N) is 2. The molecular formula is C21H33N3O4S. The van der Waals surface area contributed by atoms with Crippen molar-refractivity contribution < 1.29 is 17.9 Å². The van der Waals surface area contributed by atoms with Crippen molar-refractivity contribution >= 4 is 21.6 Å². The Labute approximate surface area is 174 Å². The molecule has 0 unspecified atom stereocenters. The van der Waals surface area contributed by atoms with E-state index in [0.29, 0.717) is 43.6 Å². The highest BCUT2D eigenvalue weighted by atomic mass is 32.2. The molecule has 1 N–H and O–H groups in total. The van der Waals surface area contributed by atoms with E-state index in [0.717, 1.165) is 38.8 Å². The number of benzene rings is 1. The number of piperidine rings is 2. The van der Waals surface area contributed by atoms with Crippen molar-refractivity contribution in [3.63, 3.8) is 0 Å². The minimum atomic E-state index is -3.66. The Balaban J connectivity index is 1.76. The van der Waals surface area contributed by atoms with Gasteiger partial charge in [-0.3, -0.25) is 9.69 Å². The molecule has 2 heterocycles. The molecule has 0 aromatic heterocycles.